The fourth-order valence-electron chi connectivity index (χ4n) is 4.64. The third kappa shape index (κ3) is 8.16. The van der Waals surface area contributed by atoms with E-state index in [9.17, 15) is 14.0 Å². The Morgan fingerprint density at radius 3 is 2.40 bits per heavy atom. The molecule has 0 spiro atoms. The number of hydrogen-bond donors (Lipinski definition) is 1. The second-order valence-electron chi connectivity index (χ2n) is 10.1. The average Bonchev–Trinajstić information content (AvgIpc) is 3.44. The first-order chi connectivity index (χ1) is 20.9. The van der Waals surface area contributed by atoms with Crippen LogP contribution in [0.1, 0.15) is 23.1 Å². The Bertz CT molecular complexity index is 1740. The van der Waals surface area contributed by atoms with E-state index in [0.29, 0.717) is 23.5 Å². The lowest BCUT2D eigenvalue weighted by Gasteiger charge is -2.09. The number of carbonyl (C=O) groups excluding carboxylic acids is 2. The van der Waals surface area contributed by atoms with Crippen molar-refractivity contribution in [2.24, 2.45) is 0 Å². The summed E-state index contributed by atoms with van der Waals surface area (Å²) in [5, 5.41) is 3.35. The molecule has 3 aromatic carbocycles. The van der Waals surface area contributed by atoms with Crippen molar-refractivity contribution in [3.8, 4) is 21.9 Å². The molecule has 0 radical (unpaired) electrons. The summed E-state index contributed by atoms with van der Waals surface area (Å²) in [6, 6.07) is 21.9. The highest BCUT2D eigenvalue weighted by Crippen LogP contribution is 2.39. The summed E-state index contributed by atoms with van der Waals surface area (Å²) in [6.45, 7) is 2.13. The first-order valence-electron chi connectivity index (χ1n) is 13.8. The van der Waals surface area contributed by atoms with Crippen LogP contribution in [0.3, 0.4) is 0 Å². The van der Waals surface area contributed by atoms with Crippen LogP contribution in [0.15, 0.2) is 85.1 Å². The van der Waals surface area contributed by atoms with Crippen LogP contribution in [-0.2, 0) is 33.7 Å². The van der Waals surface area contributed by atoms with Crippen molar-refractivity contribution in [2.75, 3.05) is 20.3 Å². The molecule has 5 rings (SSSR count). The number of benzene rings is 3. The number of ketones is 2. The molecule has 0 fully saturated rings. The molecule has 220 valence electrons. The van der Waals surface area contributed by atoms with Gasteiger partial charge in [0.15, 0.2) is 11.6 Å². The Hall–Kier alpha value is -4.31. The third-order valence-electron chi connectivity index (χ3n) is 6.73. The van der Waals surface area contributed by atoms with Crippen LogP contribution < -0.4 is 10.1 Å². The summed E-state index contributed by atoms with van der Waals surface area (Å²) in [5.41, 5.74) is 4.02. The summed E-state index contributed by atoms with van der Waals surface area (Å²) in [7, 11) is 1.67. The van der Waals surface area contributed by atoms with Gasteiger partial charge in [0.1, 0.15) is 23.1 Å². The molecule has 2 aromatic heterocycles. The Balaban J connectivity index is 1.24. The maximum absolute atomic E-state index is 15.1. The van der Waals surface area contributed by atoms with Crippen molar-refractivity contribution in [1.82, 2.24) is 10.3 Å². The SMILES string of the molecule is COCCNCc1cccc(-c2cc3nccc(Oc4ccc(CC(=O)CC(=O)Cc5ccc(F)cc5)cc4F)c3s2)c1. The highest BCUT2D eigenvalue weighted by atomic mass is 32.1. The number of Topliss-reactive ketones (excluding diaryl/α,β-unsaturated/α-hetero) is 2. The lowest BCUT2D eigenvalue weighted by molar-refractivity contribution is -0.126. The van der Waals surface area contributed by atoms with E-state index < -0.39 is 5.82 Å². The molecule has 0 unspecified atom stereocenters. The molecule has 0 aliphatic carbocycles. The number of thiophene rings is 1. The van der Waals surface area contributed by atoms with Crippen LogP contribution in [0.4, 0.5) is 8.78 Å². The Kier molecular flexibility index (Phi) is 9.99. The molecule has 1 N–H and O–H groups in total. The van der Waals surface area contributed by atoms with Gasteiger partial charge in [0.05, 0.1) is 23.2 Å². The minimum atomic E-state index is -0.613. The minimum Gasteiger partial charge on any atom is -0.453 e. The molecule has 0 aliphatic rings. The van der Waals surface area contributed by atoms with E-state index >= 15 is 4.39 Å². The number of aromatic nitrogens is 1. The maximum Gasteiger partial charge on any atom is 0.166 e. The van der Waals surface area contributed by atoms with Crippen LogP contribution in [0.5, 0.6) is 11.5 Å². The predicted octanol–water partition coefficient (Wildman–Crippen LogP) is 7.08. The topological polar surface area (TPSA) is 77.5 Å². The molecule has 0 bridgehead atoms. The molecule has 43 heavy (non-hydrogen) atoms. The van der Waals surface area contributed by atoms with Crippen molar-refractivity contribution >= 4 is 33.1 Å². The second-order valence-corrected chi connectivity index (χ2v) is 11.2. The normalized spacial score (nSPS) is 11.1. The van der Waals surface area contributed by atoms with Crippen LogP contribution >= 0.6 is 11.3 Å². The zero-order valence-corrected chi connectivity index (χ0v) is 24.4. The quantitative estimate of drug-likeness (QED) is 0.108. The lowest BCUT2D eigenvalue weighted by Crippen LogP contribution is -2.18. The molecule has 0 atom stereocenters. The van der Waals surface area contributed by atoms with E-state index in [2.05, 4.69) is 22.4 Å². The van der Waals surface area contributed by atoms with E-state index in [0.717, 1.165) is 39.3 Å². The van der Waals surface area contributed by atoms with Gasteiger partial charge in [-0.25, -0.2) is 8.78 Å². The molecule has 2 heterocycles. The number of nitrogens with zero attached hydrogens (tertiary/aromatic N) is 1. The number of fused-ring (bicyclic) bond motifs is 1. The number of ether oxygens (including phenoxy) is 2. The van der Waals surface area contributed by atoms with Crippen LogP contribution in [-0.4, -0.2) is 36.8 Å². The van der Waals surface area contributed by atoms with Gasteiger partial charge >= 0.3 is 0 Å². The van der Waals surface area contributed by atoms with Gasteiger partial charge < -0.3 is 14.8 Å². The summed E-state index contributed by atoms with van der Waals surface area (Å²) in [6.07, 6.45) is 1.30. The van der Waals surface area contributed by atoms with Crippen molar-refractivity contribution < 1.29 is 27.8 Å². The number of methoxy groups -OCH3 is 1. The second kappa shape index (κ2) is 14.2. The van der Waals surface area contributed by atoms with Gasteiger partial charge in [-0.15, -0.1) is 11.3 Å². The van der Waals surface area contributed by atoms with E-state index in [4.69, 9.17) is 9.47 Å². The van der Waals surface area contributed by atoms with Crippen molar-refractivity contribution in [2.45, 2.75) is 25.8 Å². The predicted molar refractivity (Wildman–Crippen MR) is 164 cm³/mol. The standard InChI is InChI=1S/C34H30F2N2O4S/c1-41-14-13-37-21-24-3-2-4-25(15-24)33-20-30-34(43-33)32(11-12-38-30)42-31-10-7-23(18-29(31)36)17-28(40)19-27(39)16-22-5-8-26(35)9-6-22/h2-12,15,18,20,37H,13-14,16-17,19,21H2,1H3. The van der Waals surface area contributed by atoms with Crippen molar-refractivity contribution in [3.05, 3.63) is 113 Å². The number of nitrogens with one attached hydrogen (secondary N) is 1. The van der Waals surface area contributed by atoms with E-state index in [1.807, 2.05) is 18.2 Å². The summed E-state index contributed by atoms with van der Waals surface area (Å²) in [5.74, 6) is -1.10. The molecule has 0 amide bonds. The van der Waals surface area contributed by atoms with E-state index in [1.54, 1.807) is 25.4 Å². The molecule has 0 saturated carbocycles. The minimum absolute atomic E-state index is 0.0233. The molecule has 0 saturated heterocycles. The molecular formula is C34H30F2N2O4S. The Morgan fingerprint density at radius 1 is 0.860 bits per heavy atom. The van der Waals surface area contributed by atoms with Gasteiger partial charge in [-0.2, -0.15) is 0 Å². The van der Waals surface area contributed by atoms with Gasteiger partial charge in [0.25, 0.3) is 0 Å². The highest BCUT2D eigenvalue weighted by molar-refractivity contribution is 7.22. The highest BCUT2D eigenvalue weighted by Gasteiger charge is 2.16. The number of hydrogen-bond acceptors (Lipinski definition) is 7. The maximum atomic E-state index is 15.1. The van der Waals surface area contributed by atoms with E-state index in [1.165, 1.54) is 47.7 Å². The number of halogens is 2. The Labute approximate surface area is 252 Å². The first kappa shape index (κ1) is 30.2. The van der Waals surface area contributed by atoms with Gasteiger partial charge in [-0.1, -0.05) is 36.4 Å². The lowest BCUT2D eigenvalue weighted by atomic mass is 10.0. The molecule has 9 heteroatoms. The fraction of sp³-hybridized carbons (Fsp3) is 0.206. The van der Waals surface area contributed by atoms with Crippen molar-refractivity contribution in [1.29, 1.82) is 0 Å². The summed E-state index contributed by atoms with van der Waals surface area (Å²) in [4.78, 5) is 30.2. The van der Waals surface area contributed by atoms with Crippen LogP contribution in [0, 0.1) is 11.6 Å². The third-order valence-corrected chi connectivity index (χ3v) is 7.91. The van der Waals surface area contributed by atoms with E-state index in [-0.39, 0.29) is 42.4 Å². The fourth-order valence-corrected chi connectivity index (χ4v) is 5.70. The molecular weight excluding hydrogens is 570 g/mol. The smallest absolute Gasteiger partial charge is 0.166 e. The molecule has 6 nitrogen and oxygen atoms in total. The van der Waals surface area contributed by atoms with Gasteiger partial charge in [-0.05, 0) is 58.7 Å². The Morgan fingerprint density at radius 2 is 1.63 bits per heavy atom. The summed E-state index contributed by atoms with van der Waals surface area (Å²) < 4.78 is 40.0. The zero-order valence-electron chi connectivity index (χ0n) is 23.6. The first-order valence-corrected chi connectivity index (χ1v) is 14.6. The number of rotatable bonds is 14. The number of pyridine rings is 1. The monoisotopic (exact) mass is 600 g/mol. The van der Waals surface area contributed by atoms with Gasteiger partial charge in [-0.3, -0.25) is 14.6 Å². The summed E-state index contributed by atoms with van der Waals surface area (Å²) >= 11 is 1.52. The molecule has 5 aromatic rings. The van der Waals surface area contributed by atoms with Crippen molar-refractivity contribution in [3.63, 3.8) is 0 Å². The van der Waals surface area contributed by atoms with Gasteiger partial charge in [0.2, 0.25) is 0 Å². The molecule has 0 aliphatic heterocycles. The zero-order chi connectivity index (χ0) is 30.2. The average molecular weight is 601 g/mol. The number of carbonyl (C=O) groups is 2. The largest absolute Gasteiger partial charge is 0.453 e. The van der Waals surface area contributed by atoms with Crippen LogP contribution in [0.25, 0.3) is 20.7 Å². The van der Waals surface area contributed by atoms with Gasteiger partial charge in [0, 0.05) is 50.2 Å². The van der Waals surface area contributed by atoms with Crippen LogP contribution in [0.2, 0.25) is 0 Å².